The van der Waals surface area contributed by atoms with Gasteiger partial charge in [0.05, 0.1) is 17.9 Å². The van der Waals surface area contributed by atoms with Crippen LogP contribution in [0.2, 0.25) is 0 Å². The zero-order valence-electron chi connectivity index (χ0n) is 22.6. The van der Waals surface area contributed by atoms with Gasteiger partial charge in [-0.25, -0.2) is 0 Å². The molecule has 0 saturated heterocycles. The summed E-state index contributed by atoms with van der Waals surface area (Å²) in [5.74, 6) is -1.01. The predicted molar refractivity (Wildman–Crippen MR) is 152 cm³/mol. The second kappa shape index (κ2) is 23.7. The van der Waals surface area contributed by atoms with Crippen LogP contribution in [0, 0.1) is 0 Å². The molecule has 0 aliphatic carbocycles. The molecule has 0 fully saturated rings. The minimum Gasteiger partial charge on any atom is -0.391 e. The van der Waals surface area contributed by atoms with Crippen LogP contribution in [-0.4, -0.2) is 41.9 Å². The quantitative estimate of drug-likeness (QED) is 0.0770. The smallest absolute Gasteiger partial charge is 0.266 e. The minimum atomic E-state index is -4.31. The lowest BCUT2D eigenvalue weighted by molar-refractivity contribution is -0.122. The van der Waals surface area contributed by atoms with Gasteiger partial charge in [0, 0.05) is 6.42 Å². The fourth-order valence-corrected chi connectivity index (χ4v) is 4.51. The first-order valence-electron chi connectivity index (χ1n) is 13.8. The highest BCUT2D eigenvalue weighted by atomic mass is 32.2. The molecule has 208 valence electrons. The standard InChI is InChI=1S/C29H51NO5S/c1-3-5-7-9-11-13-14-15-16-17-19-21-23-25-29(32)30-27(26-36(33,34)35)28(31)24-22-20-18-12-10-8-6-4-2/h5,7,11,13,15-16,19,21,27-28,31H,3-4,6,8-10,12,14,17-18,20,22-26H2,1-2H3,(H,30,32)(H,33,34,35)/b7-5-,13-11-,16-15-,21-19-. The maximum atomic E-state index is 12.3. The van der Waals surface area contributed by atoms with Crippen LogP contribution in [0.4, 0.5) is 0 Å². The molecule has 7 heteroatoms. The minimum absolute atomic E-state index is 0.195. The van der Waals surface area contributed by atoms with E-state index in [1.54, 1.807) is 0 Å². The van der Waals surface area contributed by atoms with Crippen LogP contribution in [0.5, 0.6) is 0 Å². The number of allylic oxidation sites excluding steroid dienone is 8. The van der Waals surface area contributed by atoms with Crippen LogP contribution < -0.4 is 5.32 Å². The first-order valence-corrected chi connectivity index (χ1v) is 15.4. The number of hydrogen-bond donors (Lipinski definition) is 3. The van der Waals surface area contributed by atoms with E-state index in [1.807, 2.05) is 12.2 Å². The molecule has 0 aliphatic rings. The maximum absolute atomic E-state index is 12.3. The number of unbranched alkanes of at least 4 members (excludes halogenated alkanes) is 7. The van der Waals surface area contributed by atoms with E-state index in [-0.39, 0.29) is 12.3 Å². The molecule has 2 atom stereocenters. The summed E-state index contributed by atoms with van der Waals surface area (Å²) in [7, 11) is -4.31. The predicted octanol–water partition coefficient (Wildman–Crippen LogP) is 6.84. The van der Waals surface area contributed by atoms with Gasteiger partial charge in [0.15, 0.2) is 0 Å². The van der Waals surface area contributed by atoms with E-state index in [0.29, 0.717) is 12.8 Å². The molecule has 6 nitrogen and oxygen atoms in total. The number of aliphatic hydroxyl groups excluding tert-OH is 1. The summed E-state index contributed by atoms with van der Waals surface area (Å²) in [4.78, 5) is 12.3. The van der Waals surface area contributed by atoms with E-state index in [1.165, 1.54) is 32.1 Å². The highest BCUT2D eigenvalue weighted by Crippen LogP contribution is 2.13. The molecule has 0 aromatic carbocycles. The first-order chi connectivity index (χ1) is 17.3. The van der Waals surface area contributed by atoms with Crippen molar-refractivity contribution in [3.63, 3.8) is 0 Å². The van der Waals surface area contributed by atoms with Crippen LogP contribution in [-0.2, 0) is 14.9 Å². The van der Waals surface area contributed by atoms with Gasteiger partial charge < -0.3 is 10.4 Å². The van der Waals surface area contributed by atoms with Gasteiger partial charge in [0.1, 0.15) is 0 Å². The molecule has 0 aromatic rings. The average Bonchev–Trinajstić information content (AvgIpc) is 2.82. The average molecular weight is 526 g/mol. The van der Waals surface area contributed by atoms with Crippen molar-refractivity contribution >= 4 is 16.0 Å². The summed E-state index contributed by atoms with van der Waals surface area (Å²) in [6.45, 7) is 4.31. The second-order valence-electron chi connectivity index (χ2n) is 9.29. The van der Waals surface area contributed by atoms with Crippen molar-refractivity contribution < 1.29 is 22.9 Å². The summed E-state index contributed by atoms with van der Waals surface area (Å²) in [6.07, 6.45) is 29.4. The third-order valence-corrected chi connectivity index (χ3v) is 6.59. The zero-order chi connectivity index (χ0) is 26.9. The Morgan fingerprint density at radius 1 is 0.778 bits per heavy atom. The molecule has 3 N–H and O–H groups in total. The van der Waals surface area contributed by atoms with Crippen molar-refractivity contribution in [2.75, 3.05) is 5.75 Å². The SMILES string of the molecule is CC/C=C\C/C=C\C/C=C\C/C=C\CCC(=O)NC(CS(=O)(=O)O)C(O)CCCCCCCCCC. The fraction of sp³-hybridized carbons (Fsp3) is 0.690. The van der Waals surface area contributed by atoms with Crippen LogP contribution in [0.25, 0.3) is 0 Å². The third-order valence-electron chi connectivity index (χ3n) is 5.81. The molecule has 0 heterocycles. The number of carbonyl (C=O) groups is 1. The molecule has 0 spiro atoms. The fourth-order valence-electron chi connectivity index (χ4n) is 3.76. The van der Waals surface area contributed by atoms with Crippen LogP contribution in [0.3, 0.4) is 0 Å². The zero-order valence-corrected chi connectivity index (χ0v) is 23.4. The number of amides is 1. The van der Waals surface area contributed by atoms with E-state index in [0.717, 1.165) is 44.9 Å². The third kappa shape index (κ3) is 24.0. The van der Waals surface area contributed by atoms with Crippen molar-refractivity contribution in [3.8, 4) is 0 Å². The number of aliphatic hydroxyl groups is 1. The molecule has 0 radical (unpaired) electrons. The maximum Gasteiger partial charge on any atom is 0.266 e. The summed E-state index contributed by atoms with van der Waals surface area (Å²) >= 11 is 0. The van der Waals surface area contributed by atoms with E-state index >= 15 is 0 Å². The van der Waals surface area contributed by atoms with Crippen molar-refractivity contribution in [1.82, 2.24) is 5.32 Å². The van der Waals surface area contributed by atoms with E-state index in [4.69, 9.17) is 0 Å². The summed E-state index contributed by atoms with van der Waals surface area (Å²) in [5.41, 5.74) is 0. The van der Waals surface area contributed by atoms with Crippen LogP contribution >= 0.6 is 0 Å². The van der Waals surface area contributed by atoms with E-state index < -0.39 is 28.0 Å². The molecule has 36 heavy (non-hydrogen) atoms. The lowest BCUT2D eigenvalue weighted by Gasteiger charge is -2.23. The largest absolute Gasteiger partial charge is 0.391 e. The summed E-state index contributed by atoms with van der Waals surface area (Å²) in [5, 5.41) is 13.1. The second-order valence-corrected chi connectivity index (χ2v) is 10.8. The van der Waals surface area contributed by atoms with E-state index in [9.17, 15) is 22.9 Å². The number of nitrogens with one attached hydrogen (secondary N) is 1. The molecular weight excluding hydrogens is 474 g/mol. The van der Waals surface area contributed by atoms with Gasteiger partial charge in [-0.15, -0.1) is 0 Å². The highest BCUT2D eigenvalue weighted by Gasteiger charge is 2.25. The molecule has 1 amide bonds. The van der Waals surface area contributed by atoms with Crippen molar-refractivity contribution in [3.05, 3.63) is 48.6 Å². The van der Waals surface area contributed by atoms with Crippen molar-refractivity contribution in [1.29, 1.82) is 0 Å². The first kappa shape index (κ1) is 34.3. The number of hydrogen-bond acceptors (Lipinski definition) is 4. The monoisotopic (exact) mass is 525 g/mol. The Bertz CT molecular complexity index is 756. The molecule has 0 aliphatic heterocycles. The highest BCUT2D eigenvalue weighted by molar-refractivity contribution is 7.85. The Morgan fingerprint density at radius 2 is 1.28 bits per heavy atom. The number of carbonyl (C=O) groups excluding carboxylic acids is 1. The van der Waals surface area contributed by atoms with Crippen molar-refractivity contribution in [2.24, 2.45) is 0 Å². The molecular formula is C29H51NO5S. The van der Waals surface area contributed by atoms with Gasteiger partial charge in [-0.2, -0.15) is 8.42 Å². The van der Waals surface area contributed by atoms with Gasteiger partial charge in [0.25, 0.3) is 10.1 Å². The lowest BCUT2D eigenvalue weighted by atomic mass is 10.0. The van der Waals surface area contributed by atoms with Gasteiger partial charge in [-0.3, -0.25) is 9.35 Å². The Labute approximate surface area is 220 Å². The molecule has 0 rings (SSSR count). The molecule has 0 saturated carbocycles. The Kier molecular flexibility index (Phi) is 22.6. The van der Waals surface area contributed by atoms with Gasteiger partial charge >= 0.3 is 0 Å². The van der Waals surface area contributed by atoms with Crippen LogP contribution in [0.15, 0.2) is 48.6 Å². The van der Waals surface area contributed by atoms with Gasteiger partial charge in [0.2, 0.25) is 5.91 Å². The normalized spacial score (nSPS) is 14.4. The van der Waals surface area contributed by atoms with Gasteiger partial charge in [-0.1, -0.05) is 114 Å². The van der Waals surface area contributed by atoms with Crippen LogP contribution in [0.1, 0.15) is 110 Å². The molecule has 0 bridgehead atoms. The van der Waals surface area contributed by atoms with E-state index in [2.05, 4.69) is 55.6 Å². The Balaban J connectivity index is 4.24. The van der Waals surface area contributed by atoms with Gasteiger partial charge in [-0.05, 0) is 38.5 Å². The number of rotatable bonds is 23. The molecule has 0 aromatic heterocycles. The Morgan fingerprint density at radius 3 is 1.81 bits per heavy atom. The lowest BCUT2D eigenvalue weighted by Crippen LogP contribution is -2.47. The summed E-state index contributed by atoms with van der Waals surface area (Å²) in [6, 6.07) is -1.01. The topological polar surface area (TPSA) is 104 Å². The van der Waals surface area contributed by atoms with Crippen molar-refractivity contribution in [2.45, 2.75) is 122 Å². The summed E-state index contributed by atoms with van der Waals surface area (Å²) < 4.78 is 32.0. The molecule has 2 unspecified atom stereocenters. The Hall–Kier alpha value is -1.70.